The summed E-state index contributed by atoms with van der Waals surface area (Å²) in [4.78, 5) is 19.9. The smallest absolute Gasteiger partial charge is 0.254 e. The second-order valence-electron chi connectivity index (χ2n) is 8.35. The highest BCUT2D eigenvalue weighted by molar-refractivity contribution is 6.05. The highest BCUT2D eigenvalue weighted by Gasteiger charge is 2.26. The Labute approximate surface area is 176 Å². The number of benzene rings is 1. The second kappa shape index (κ2) is 7.97. The molecule has 1 aliphatic heterocycles. The number of aromatic nitrogens is 3. The molecule has 0 unspecified atom stereocenters. The number of rotatable bonds is 5. The SMILES string of the molecule is CC(C)c1cc(C(=O)N(C)C[C@H]2COc3ccccc3O2)c2cnn(C(C)C)c2n1. The number of carbonyl (C=O) groups is 1. The number of hydrogen-bond donors (Lipinski definition) is 0. The third-order valence-corrected chi connectivity index (χ3v) is 5.29. The monoisotopic (exact) mass is 408 g/mol. The van der Waals surface area contributed by atoms with Gasteiger partial charge in [0.1, 0.15) is 6.61 Å². The Hall–Kier alpha value is -3.09. The molecular formula is C23H28N4O3. The average Bonchev–Trinajstić information content (AvgIpc) is 3.16. The number of nitrogens with zero attached hydrogens (tertiary/aromatic N) is 4. The van der Waals surface area contributed by atoms with Crippen LogP contribution in [0.3, 0.4) is 0 Å². The third kappa shape index (κ3) is 3.72. The molecule has 2 aromatic heterocycles. The van der Waals surface area contributed by atoms with Crippen molar-refractivity contribution >= 4 is 16.9 Å². The molecule has 0 radical (unpaired) electrons. The largest absolute Gasteiger partial charge is 0.486 e. The number of pyridine rings is 1. The van der Waals surface area contributed by atoms with E-state index in [0.717, 1.165) is 22.5 Å². The summed E-state index contributed by atoms with van der Waals surface area (Å²) in [5, 5.41) is 5.25. The first kappa shape index (κ1) is 20.2. The van der Waals surface area contributed by atoms with Gasteiger partial charge in [0.05, 0.1) is 23.7 Å². The lowest BCUT2D eigenvalue weighted by Gasteiger charge is -2.29. The van der Waals surface area contributed by atoms with E-state index < -0.39 is 0 Å². The standard InChI is InChI=1S/C23H28N4O3/c1-14(2)19-10-17(18-11-24-27(15(3)4)22(18)25-19)23(28)26(5)12-16-13-29-20-8-6-7-9-21(20)30-16/h6-11,14-16H,12-13H2,1-5H3/t16-/m0/s1. The van der Waals surface area contributed by atoms with Crippen molar-refractivity contribution in [2.24, 2.45) is 0 Å². The van der Waals surface area contributed by atoms with Crippen molar-refractivity contribution in [2.45, 2.75) is 45.8 Å². The van der Waals surface area contributed by atoms with Crippen LogP contribution in [0.2, 0.25) is 0 Å². The molecule has 7 heteroatoms. The summed E-state index contributed by atoms with van der Waals surface area (Å²) in [5.74, 6) is 1.57. The molecule has 158 valence electrons. The maximum Gasteiger partial charge on any atom is 0.254 e. The van der Waals surface area contributed by atoms with Gasteiger partial charge in [-0.3, -0.25) is 4.79 Å². The van der Waals surface area contributed by atoms with E-state index >= 15 is 0 Å². The van der Waals surface area contributed by atoms with Crippen LogP contribution in [-0.4, -0.2) is 51.9 Å². The zero-order valence-corrected chi connectivity index (χ0v) is 18.1. The van der Waals surface area contributed by atoms with Crippen molar-refractivity contribution < 1.29 is 14.3 Å². The summed E-state index contributed by atoms with van der Waals surface area (Å²) >= 11 is 0. The van der Waals surface area contributed by atoms with Crippen LogP contribution in [-0.2, 0) is 0 Å². The summed E-state index contributed by atoms with van der Waals surface area (Å²) in [6, 6.07) is 9.64. The van der Waals surface area contributed by atoms with E-state index in [4.69, 9.17) is 14.5 Å². The van der Waals surface area contributed by atoms with E-state index in [9.17, 15) is 4.79 Å². The molecular weight excluding hydrogens is 380 g/mol. The van der Waals surface area contributed by atoms with Crippen molar-refractivity contribution in [1.29, 1.82) is 0 Å². The van der Waals surface area contributed by atoms with Gasteiger partial charge in [-0.15, -0.1) is 0 Å². The fourth-order valence-electron chi connectivity index (χ4n) is 3.64. The Morgan fingerprint density at radius 1 is 1.23 bits per heavy atom. The van der Waals surface area contributed by atoms with Crippen molar-refractivity contribution in [2.75, 3.05) is 20.2 Å². The van der Waals surface area contributed by atoms with Gasteiger partial charge in [-0.05, 0) is 38.0 Å². The van der Waals surface area contributed by atoms with Crippen LogP contribution in [0.15, 0.2) is 36.5 Å². The van der Waals surface area contributed by atoms with Crippen LogP contribution in [0.4, 0.5) is 0 Å². The number of likely N-dealkylation sites (N-methyl/N-ethyl adjacent to an activating group) is 1. The van der Waals surface area contributed by atoms with Gasteiger partial charge in [-0.1, -0.05) is 26.0 Å². The van der Waals surface area contributed by atoms with Gasteiger partial charge < -0.3 is 14.4 Å². The quantitative estimate of drug-likeness (QED) is 0.637. The predicted octanol–water partition coefficient (Wildman–Crippen LogP) is 4.05. The van der Waals surface area contributed by atoms with Gasteiger partial charge in [0.2, 0.25) is 0 Å². The first-order valence-corrected chi connectivity index (χ1v) is 10.4. The van der Waals surface area contributed by atoms with Gasteiger partial charge in [-0.25, -0.2) is 9.67 Å². The molecule has 0 N–H and O–H groups in total. The Kier molecular flexibility index (Phi) is 5.37. The van der Waals surface area contributed by atoms with Crippen molar-refractivity contribution in [1.82, 2.24) is 19.7 Å². The minimum absolute atomic E-state index is 0.0740. The summed E-state index contributed by atoms with van der Waals surface area (Å²) in [7, 11) is 1.79. The first-order chi connectivity index (χ1) is 14.3. The Bertz CT molecular complexity index is 1070. The van der Waals surface area contributed by atoms with Crippen LogP contribution < -0.4 is 9.47 Å². The van der Waals surface area contributed by atoms with E-state index in [-0.39, 0.29) is 24.0 Å². The fourth-order valence-corrected chi connectivity index (χ4v) is 3.64. The number of para-hydroxylation sites is 2. The molecule has 1 atom stereocenters. The van der Waals surface area contributed by atoms with Crippen molar-refractivity contribution in [3.8, 4) is 11.5 Å². The molecule has 1 aliphatic rings. The molecule has 30 heavy (non-hydrogen) atoms. The lowest BCUT2D eigenvalue weighted by molar-refractivity contribution is 0.0522. The third-order valence-electron chi connectivity index (χ3n) is 5.29. The Morgan fingerprint density at radius 2 is 1.97 bits per heavy atom. The molecule has 0 saturated carbocycles. The predicted molar refractivity (Wildman–Crippen MR) is 115 cm³/mol. The number of fused-ring (bicyclic) bond motifs is 2. The van der Waals surface area contributed by atoms with Crippen LogP contribution >= 0.6 is 0 Å². The van der Waals surface area contributed by atoms with E-state index in [1.807, 2.05) is 35.0 Å². The number of amides is 1. The zero-order valence-electron chi connectivity index (χ0n) is 18.1. The molecule has 0 bridgehead atoms. The van der Waals surface area contributed by atoms with Crippen LogP contribution in [0.5, 0.6) is 11.5 Å². The van der Waals surface area contributed by atoms with Crippen molar-refractivity contribution in [3.05, 3.63) is 47.8 Å². The highest BCUT2D eigenvalue weighted by atomic mass is 16.6. The summed E-state index contributed by atoms with van der Waals surface area (Å²) in [5.41, 5.74) is 2.25. The van der Waals surface area contributed by atoms with Gasteiger partial charge in [0.15, 0.2) is 23.3 Å². The molecule has 3 heterocycles. The maximum absolute atomic E-state index is 13.4. The summed E-state index contributed by atoms with van der Waals surface area (Å²) in [6.07, 6.45) is 1.51. The second-order valence-corrected chi connectivity index (χ2v) is 8.35. The molecule has 0 fully saturated rings. The molecule has 4 rings (SSSR count). The zero-order chi connectivity index (χ0) is 21.4. The molecule has 1 amide bonds. The van der Waals surface area contributed by atoms with Gasteiger partial charge in [0, 0.05) is 18.8 Å². The highest BCUT2D eigenvalue weighted by Crippen LogP contribution is 2.31. The molecule has 0 spiro atoms. The average molecular weight is 409 g/mol. The van der Waals surface area contributed by atoms with E-state index in [1.165, 1.54) is 0 Å². The number of carbonyl (C=O) groups excluding carboxylic acids is 1. The number of ether oxygens (including phenoxy) is 2. The van der Waals surface area contributed by atoms with E-state index in [0.29, 0.717) is 24.5 Å². The van der Waals surface area contributed by atoms with Gasteiger partial charge >= 0.3 is 0 Å². The Balaban J connectivity index is 1.61. The summed E-state index contributed by atoms with van der Waals surface area (Å²) < 4.78 is 13.7. The van der Waals surface area contributed by atoms with E-state index in [2.05, 4.69) is 32.8 Å². The minimum atomic E-state index is -0.228. The molecule has 7 nitrogen and oxygen atoms in total. The fraction of sp³-hybridized carbons (Fsp3) is 0.435. The van der Waals surface area contributed by atoms with Crippen LogP contribution in [0, 0.1) is 0 Å². The molecule has 1 aromatic carbocycles. The maximum atomic E-state index is 13.4. The van der Waals surface area contributed by atoms with Gasteiger partial charge in [0.25, 0.3) is 5.91 Å². The van der Waals surface area contributed by atoms with Crippen LogP contribution in [0.25, 0.3) is 11.0 Å². The van der Waals surface area contributed by atoms with Crippen LogP contribution in [0.1, 0.15) is 55.7 Å². The molecule has 3 aromatic rings. The lowest BCUT2D eigenvalue weighted by Crippen LogP contribution is -2.41. The summed E-state index contributed by atoms with van der Waals surface area (Å²) in [6.45, 7) is 9.10. The minimum Gasteiger partial charge on any atom is -0.486 e. The molecule has 0 saturated heterocycles. The number of hydrogen-bond acceptors (Lipinski definition) is 5. The van der Waals surface area contributed by atoms with E-state index in [1.54, 1.807) is 18.1 Å². The topological polar surface area (TPSA) is 69.5 Å². The van der Waals surface area contributed by atoms with Gasteiger partial charge in [-0.2, -0.15) is 5.10 Å². The first-order valence-electron chi connectivity index (χ1n) is 10.4. The normalized spacial score (nSPS) is 15.8. The van der Waals surface area contributed by atoms with Crippen molar-refractivity contribution in [3.63, 3.8) is 0 Å². The lowest BCUT2D eigenvalue weighted by atomic mass is 10.0. The molecule has 0 aliphatic carbocycles. The Morgan fingerprint density at radius 3 is 2.67 bits per heavy atom.